The lowest BCUT2D eigenvalue weighted by Gasteiger charge is -2.39. The number of benzene rings is 1. The van der Waals surface area contributed by atoms with Gasteiger partial charge in [0.2, 0.25) is 0 Å². The maximum Gasteiger partial charge on any atom is 0.312 e. The van der Waals surface area contributed by atoms with Crippen molar-refractivity contribution in [1.82, 2.24) is 10.2 Å². The van der Waals surface area contributed by atoms with Crippen molar-refractivity contribution in [2.45, 2.75) is 46.1 Å². The molecule has 1 aliphatic carbocycles. The topological polar surface area (TPSA) is 67.9 Å². The van der Waals surface area contributed by atoms with E-state index >= 15 is 0 Å². The monoisotopic (exact) mass is 374 g/mol. The van der Waals surface area contributed by atoms with Crippen molar-refractivity contribution in [3.05, 3.63) is 24.3 Å². The molecule has 2 unspecified atom stereocenters. The van der Waals surface area contributed by atoms with E-state index in [1.165, 1.54) is 0 Å². The zero-order valence-corrected chi connectivity index (χ0v) is 16.7. The van der Waals surface area contributed by atoms with Gasteiger partial charge in [0.15, 0.2) is 0 Å². The highest BCUT2D eigenvalue weighted by atomic mass is 16.5. The van der Waals surface area contributed by atoms with E-state index in [4.69, 9.17) is 9.47 Å². The van der Waals surface area contributed by atoms with E-state index in [9.17, 15) is 9.59 Å². The van der Waals surface area contributed by atoms with E-state index in [0.717, 1.165) is 25.0 Å². The van der Waals surface area contributed by atoms with Gasteiger partial charge in [-0.2, -0.15) is 0 Å². The Labute approximate surface area is 161 Å². The quantitative estimate of drug-likeness (QED) is 0.635. The molecule has 1 saturated carbocycles. The fourth-order valence-corrected chi connectivity index (χ4v) is 4.91. The number of nitrogens with zero attached hydrogens (tertiary/aromatic N) is 1. The maximum absolute atomic E-state index is 12.6. The Balaban J connectivity index is 1.46. The molecule has 1 saturated heterocycles. The molecule has 0 aromatic heterocycles. The number of methoxy groups -OCH3 is 1. The number of hydrogen-bond donors (Lipinski definition) is 1. The molecular weight excluding hydrogens is 344 g/mol. The molecule has 2 amide bonds. The molecule has 6 nitrogen and oxygen atoms in total. The minimum atomic E-state index is -0.540. The second-order valence-corrected chi connectivity index (χ2v) is 8.93. The molecular formula is C21H30N2O4. The summed E-state index contributed by atoms with van der Waals surface area (Å²) in [5, 5.41) is 2.69. The third-order valence-corrected chi connectivity index (χ3v) is 5.59. The van der Waals surface area contributed by atoms with Crippen LogP contribution in [0.3, 0.4) is 0 Å². The van der Waals surface area contributed by atoms with Crippen molar-refractivity contribution in [1.29, 1.82) is 0 Å². The van der Waals surface area contributed by atoms with Crippen LogP contribution in [0.5, 0.6) is 11.5 Å². The van der Waals surface area contributed by atoms with Crippen molar-refractivity contribution < 1.29 is 19.1 Å². The first-order chi connectivity index (χ1) is 12.7. The minimum Gasteiger partial charge on any atom is -0.497 e. The summed E-state index contributed by atoms with van der Waals surface area (Å²) < 4.78 is 10.7. The van der Waals surface area contributed by atoms with Gasteiger partial charge in [0, 0.05) is 12.6 Å². The molecule has 0 spiro atoms. The van der Waals surface area contributed by atoms with Crippen LogP contribution >= 0.6 is 0 Å². The smallest absolute Gasteiger partial charge is 0.312 e. The van der Waals surface area contributed by atoms with Crippen molar-refractivity contribution in [3.8, 4) is 11.5 Å². The lowest BCUT2D eigenvalue weighted by molar-refractivity contribution is -0.146. The van der Waals surface area contributed by atoms with Gasteiger partial charge >= 0.3 is 11.8 Å². The van der Waals surface area contributed by atoms with Crippen LogP contribution in [-0.2, 0) is 9.59 Å². The molecule has 0 radical (unpaired) electrons. The second-order valence-electron chi connectivity index (χ2n) is 8.93. The zero-order chi connectivity index (χ0) is 19.7. The van der Waals surface area contributed by atoms with E-state index in [1.807, 2.05) is 12.1 Å². The Morgan fingerprint density at radius 2 is 1.81 bits per heavy atom. The molecule has 2 aliphatic rings. The first-order valence-corrected chi connectivity index (χ1v) is 9.57. The molecule has 2 fully saturated rings. The van der Waals surface area contributed by atoms with Crippen molar-refractivity contribution in [3.63, 3.8) is 0 Å². The van der Waals surface area contributed by atoms with Gasteiger partial charge in [-0.1, -0.05) is 20.8 Å². The van der Waals surface area contributed by atoms with Gasteiger partial charge in [-0.05, 0) is 54.4 Å². The van der Waals surface area contributed by atoms with E-state index in [2.05, 4.69) is 26.1 Å². The number of rotatable bonds is 5. The van der Waals surface area contributed by atoms with Gasteiger partial charge in [0.05, 0.1) is 13.7 Å². The minimum absolute atomic E-state index is 0.125. The first kappa shape index (κ1) is 19.5. The van der Waals surface area contributed by atoms with Crippen LogP contribution in [-0.4, -0.2) is 49.6 Å². The van der Waals surface area contributed by atoms with Gasteiger partial charge in [0.1, 0.15) is 18.1 Å². The standard InChI is InChI=1S/C21H30N2O4/c1-20(2)11-15-12-21(3,13-20)14-23(15)19(25)18(24)22-9-10-27-17-7-5-16(26-4)6-8-17/h5-8,15H,9-14H2,1-4H3,(H,22,24). The first-order valence-electron chi connectivity index (χ1n) is 9.57. The lowest BCUT2D eigenvalue weighted by atomic mass is 9.65. The van der Waals surface area contributed by atoms with Gasteiger partial charge < -0.3 is 19.7 Å². The summed E-state index contributed by atoms with van der Waals surface area (Å²) >= 11 is 0. The Morgan fingerprint density at radius 3 is 2.48 bits per heavy atom. The van der Waals surface area contributed by atoms with Crippen LogP contribution in [0.15, 0.2) is 24.3 Å². The molecule has 6 heteroatoms. The van der Waals surface area contributed by atoms with Crippen LogP contribution in [0, 0.1) is 10.8 Å². The molecule has 1 heterocycles. The van der Waals surface area contributed by atoms with Crippen LogP contribution in [0.2, 0.25) is 0 Å². The predicted molar refractivity (Wildman–Crippen MR) is 103 cm³/mol. The maximum atomic E-state index is 12.6. The molecule has 27 heavy (non-hydrogen) atoms. The van der Waals surface area contributed by atoms with E-state index in [1.54, 1.807) is 24.1 Å². The third-order valence-electron chi connectivity index (χ3n) is 5.59. The van der Waals surface area contributed by atoms with Crippen molar-refractivity contribution >= 4 is 11.8 Å². The molecule has 3 rings (SSSR count). The van der Waals surface area contributed by atoms with Crippen molar-refractivity contribution in [2.24, 2.45) is 10.8 Å². The molecule has 1 aromatic carbocycles. The Bertz CT molecular complexity index is 701. The molecule has 2 atom stereocenters. The highest BCUT2D eigenvalue weighted by molar-refractivity contribution is 6.35. The average Bonchev–Trinajstić information content (AvgIpc) is 2.87. The number of fused-ring (bicyclic) bond motifs is 2. The number of carbonyl (C=O) groups excluding carboxylic acids is 2. The molecule has 1 N–H and O–H groups in total. The molecule has 2 bridgehead atoms. The average molecular weight is 374 g/mol. The third kappa shape index (κ3) is 4.54. The number of likely N-dealkylation sites (tertiary alicyclic amines) is 1. The van der Waals surface area contributed by atoms with Gasteiger partial charge in [-0.25, -0.2) is 0 Å². The van der Waals surface area contributed by atoms with E-state index in [0.29, 0.717) is 18.9 Å². The number of amides is 2. The number of carbonyl (C=O) groups is 2. The summed E-state index contributed by atoms with van der Waals surface area (Å²) in [5.41, 5.74) is 0.342. The van der Waals surface area contributed by atoms with Crippen LogP contribution in [0.25, 0.3) is 0 Å². The van der Waals surface area contributed by atoms with Crippen LogP contribution < -0.4 is 14.8 Å². The fourth-order valence-electron chi connectivity index (χ4n) is 4.91. The summed E-state index contributed by atoms with van der Waals surface area (Å²) in [5.74, 6) is 0.502. The summed E-state index contributed by atoms with van der Waals surface area (Å²) in [6, 6.07) is 7.40. The predicted octanol–water partition coefficient (Wildman–Crippen LogP) is 2.62. The van der Waals surface area contributed by atoms with Crippen molar-refractivity contribution in [2.75, 3.05) is 26.8 Å². The SMILES string of the molecule is COc1ccc(OCCNC(=O)C(=O)N2CC3(C)CC2CC(C)(C)C3)cc1. The Morgan fingerprint density at radius 1 is 1.15 bits per heavy atom. The van der Waals surface area contributed by atoms with Crippen LogP contribution in [0.4, 0.5) is 0 Å². The van der Waals surface area contributed by atoms with Crippen LogP contribution in [0.1, 0.15) is 40.0 Å². The summed E-state index contributed by atoms with van der Waals surface area (Å²) in [6.07, 6.45) is 3.05. The van der Waals surface area contributed by atoms with Gasteiger partial charge in [0.25, 0.3) is 0 Å². The van der Waals surface area contributed by atoms with E-state index < -0.39 is 11.8 Å². The summed E-state index contributed by atoms with van der Waals surface area (Å²) in [4.78, 5) is 26.7. The second kappa shape index (κ2) is 7.41. The molecule has 1 aromatic rings. The molecule has 1 aliphatic heterocycles. The van der Waals surface area contributed by atoms with Gasteiger partial charge in [-0.15, -0.1) is 0 Å². The highest BCUT2D eigenvalue weighted by Crippen LogP contribution is 2.52. The Kier molecular flexibility index (Phi) is 5.36. The summed E-state index contributed by atoms with van der Waals surface area (Å²) in [6.45, 7) is 8.01. The molecule has 148 valence electrons. The summed E-state index contributed by atoms with van der Waals surface area (Å²) in [7, 11) is 1.61. The Hall–Kier alpha value is -2.24. The zero-order valence-electron chi connectivity index (χ0n) is 16.7. The lowest BCUT2D eigenvalue weighted by Crippen LogP contribution is -2.46. The number of hydrogen-bond acceptors (Lipinski definition) is 4. The van der Waals surface area contributed by atoms with Gasteiger partial charge in [-0.3, -0.25) is 9.59 Å². The fraction of sp³-hybridized carbons (Fsp3) is 0.619. The highest BCUT2D eigenvalue weighted by Gasteiger charge is 2.51. The number of nitrogens with one attached hydrogen (secondary N) is 1. The largest absolute Gasteiger partial charge is 0.497 e. The number of ether oxygens (including phenoxy) is 2. The van der Waals surface area contributed by atoms with E-state index in [-0.39, 0.29) is 23.4 Å². The normalized spacial score (nSPS) is 25.8.